The Morgan fingerprint density at radius 3 is 2.81 bits per heavy atom. The van der Waals surface area contributed by atoms with Gasteiger partial charge in [-0.05, 0) is 18.2 Å². The van der Waals surface area contributed by atoms with Crippen molar-refractivity contribution in [3.05, 3.63) is 63.7 Å². The summed E-state index contributed by atoms with van der Waals surface area (Å²) >= 11 is 0. The Morgan fingerprint density at radius 1 is 1.38 bits per heavy atom. The molecule has 1 heterocycles. The molecule has 0 radical (unpaired) electrons. The van der Waals surface area contributed by atoms with Crippen LogP contribution in [-0.4, -0.2) is 15.8 Å². The molecule has 0 aliphatic heterocycles. The number of nitro groups is 1. The van der Waals surface area contributed by atoms with Crippen LogP contribution in [0.25, 0.3) is 0 Å². The third-order valence-electron chi connectivity index (χ3n) is 2.70. The zero-order valence-electron chi connectivity index (χ0n) is 10.7. The molecule has 2 aromatic rings. The summed E-state index contributed by atoms with van der Waals surface area (Å²) in [6.07, 6.45) is 1.40. The SMILES string of the molecule is NCc1cc(C(=O)Nc2cc([N+](=O)[O-])ccc2F)ccn1. The Balaban J connectivity index is 2.26. The van der Waals surface area contributed by atoms with Crippen LogP contribution < -0.4 is 11.1 Å². The maximum atomic E-state index is 13.6. The predicted octanol–water partition coefficient (Wildman–Crippen LogP) is 1.84. The number of nitrogens with one attached hydrogen (secondary N) is 1. The van der Waals surface area contributed by atoms with Gasteiger partial charge in [-0.2, -0.15) is 0 Å². The third kappa shape index (κ3) is 3.37. The number of nitrogens with two attached hydrogens (primary N) is 1. The number of anilines is 1. The number of nitro benzene ring substituents is 1. The van der Waals surface area contributed by atoms with Crippen molar-refractivity contribution in [1.29, 1.82) is 0 Å². The van der Waals surface area contributed by atoms with Crippen molar-refractivity contribution < 1.29 is 14.1 Å². The smallest absolute Gasteiger partial charge is 0.271 e. The molecule has 0 aliphatic rings. The van der Waals surface area contributed by atoms with Crippen LogP contribution in [0.15, 0.2) is 36.5 Å². The van der Waals surface area contributed by atoms with Crippen LogP contribution in [0.1, 0.15) is 16.1 Å². The minimum absolute atomic E-state index is 0.159. The van der Waals surface area contributed by atoms with Crippen LogP contribution in [0, 0.1) is 15.9 Å². The number of pyridine rings is 1. The van der Waals surface area contributed by atoms with Crippen molar-refractivity contribution >= 4 is 17.3 Å². The predicted molar refractivity (Wildman–Crippen MR) is 73.1 cm³/mol. The fraction of sp³-hybridized carbons (Fsp3) is 0.0769. The van der Waals surface area contributed by atoms with Gasteiger partial charge in [-0.1, -0.05) is 0 Å². The zero-order chi connectivity index (χ0) is 15.4. The van der Waals surface area contributed by atoms with E-state index in [2.05, 4.69) is 10.3 Å². The van der Waals surface area contributed by atoms with E-state index in [1.165, 1.54) is 18.3 Å². The van der Waals surface area contributed by atoms with Gasteiger partial charge in [0.1, 0.15) is 5.82 Å². The van der Waals surface area contributed by atoms with E-state index in [0.29, 0.717) is 5.69 Å². The molecule has 8 heteroatoms. The second-order valence-electron chi connectivity index (χ2n) is 4.12. The van der Waals surface area contributed by atoms with Crippen molar-refractivity contribution in [1.82, 2.24) is 4.98 Å². The van der Waals surface area contributed by atoms with Gasteiger partial charge in [0.05, 0.1) is 16.3 Å². The van der Waals surface area contributed by atoms with E-state index in [0.717, 1.165) is 18.2 Å². The average Bonchev–Trinajstić information content (AvgIpc) is 2.49. The van der Waals surface area contributed by atoms with Gasteiger partial charge in [-0.3, -0.25) is 19.9 Å². The minimum Gasteiger partial charge on any atom is -0.325 e. The molecule has 0 saturated carbocycles. The first-order valence-electron chi connectivity index (χ1n) is 5.91. The number of carbonyl (C=O) groups excluding carboxylic acids is 1. The first kappa shape index (κ1) is 14.5. The van der Waals surface area contributed by atoms with Gasteiger partial charge in [0, 0.05) is 30.4 Å². The Bertz CT molecular complexity index is 706. The molecular weight excluding hydrogens is 279 g/mol. The van der Waals surface area contributed by atoms with E-state index in [1.807, 2.05) is 0 Å². The second kappa shape index (κ2) is 6.06. The molecule has 7 nitrogen and oxygen atoms in total. The van der Waals surface area contributed by atoms with E-state index >= 15 is 0 Å². The molecule has 3 N–H and O–H groups in total. The highest BCUT2D eigenvalue weighted by Crippen LogP contribution is 2.21. The van der Waals surface area contributed by atoms with Crippen molar-refractivity contribution in [3.63, 3.8) is 0 Å². The fourth-order valence-electron chi connectivity index (χ4n) is 1.65. The van der Waals surface area contributed by atoms with Crippen molar-refractivity contribution in [2.75, 3.05) is 5.32 Å². The lowest BCUT2D eigenvalue weighted by Gasteiger charge is -2.07. The molecule has 21 heavy (non-hydrogen) atoms. The summed E-state index contributed by atoms with van der Waals surface area (Å²) in [7, 11) is 0. The lowest BCUT2D eigenvalue weighted by molar-refractivity contribution is -0.384. The average molecular weight is 290 g/mol. The van der Waals surface area contributed by atoms with Gasteiger partial charge in [0.2, 0.25) is 0 Å². The molecule has 0 unspecified atom stereocenters. The van der Waals surface area contributed by atoms with Gasteiger partial charge in [-0.25, -0.2) is 4.39 Å². The highest BCUT2D eigenvalue weighted by atomic mass is 19.1. The van der Waals surface area contributed by atoms with Crippen LogP contribution in [-0.2, 0) is 6.54 Å². The first-order chi connectivity index (χ1) is 10.0. The lowest BCUT2D eigenvalue weighted by Crippen LogP contribution is -2.14. The first-order valence-corrected chi connectivity index (χ1v) is 5.91. The fourth-order valence-corrected chi connectivity index (χ4v) is 1.65. The topological polar surface area (TPSA) is 111 Å². The molecule has 1 amide bonds. The van der Waals surface area contributed by atoms with Crippen LogP contribution in [0.4, 0.5) is 15.8 Å². The monoisotopic (exact) mass is 290 g/mol. The molecule has 0 saturated heterocycles. The molecule has 0 spiro atoms. The summed E-state index contributed by atoms with van der Waals surface area (Å²) in [5, 5.41) is 12.9. The van der Waals surface area contributed by atoms with Gasteiger partial charge >= 0.3 is 0 Å². The number of hydrogen-bond donors (Lipinski definition) is 2. The van der Waals surface area contributed by atoms with Crippen LogP contribution >= 0.6 is 0 Å². The van der Waals surface area contributed by atoms with Crippen molar-refractivity contribution in [2.45, 2.75) is 6.54 Å². The zero-order valence-corrected chi connectivity index (χ0v) is 10.7. The summed E-state index contributed by atoms with van der Waals surface area (Å²) in [5.41, 5.74) is 5.58. The van der Waals surface area contributed by atoms with Crippen LogP contribution in [0.2, 0.25) is 0 Å². The summed E-state index contributed by atoms with van der Waals surface area (Å²) in [4.78, 5) is 25.9. The highest BCUT2D eigenvalue weighted by Gasteiger charge is 2.14. The highest BCUT2D eigenvalue weighted by molar-refractivity contribution is 6.04. The van der Waals surface area contributed by atoms with Gasteiger partial charge < -0.3 is 11.1 Å². The van der Waals surface area contributed by atoms with Crippen LogP contribution in [0.3, 0.4) is 0 Å². The summed E-state index contributed by atoms with van der Waals surface area (Å²) in [5.74, 6) is -1.37. The number of non-ortho nitro benzene ring substituents is 1. The van der Waals surface area contributed by atoms with Crippen molar-refractivity contribution in [2.24, 2.45) is 5.73 Å². The lowest BCUT2D eigenvalue weighted by atomic mass is 10.2. The van der Waals surface area contributed by atoms with E-state index in [4.69, 9.17) is 5.73 Å². The Morgan fingerprint density at radius 2 is 2.14 bits per heavy atom. The van der Waals surface area contributed by atoms with Crippen molar-refractivity contribution in [3.8, 4) is 0 Å². The Labute approximate surface area is 118 Å². The van der Waals surface area contributed by atoms with E-state index in [1.54, 1.807) is 0 Å². The number of carbonyl (C=O) groups is 1. The molecule has 0 fully saturated rings. The Kier molecular flexibility index (Phi) is 4.19. The van der Waals surface area contributed by atoms with Gasteiger partial charge in [0.15, 0.2) is 0 Å². The molecule has 1 aromatic heterocycles. The number of hydrogen-bond acceptors (Lipinski definition) is 5. The Hall–Kier alpha value is -2.87. The molecular formula is C13H11FN4O3. The number of halogens is 1. The van der Waals surface area contributed by atoms with E-state index in [9.17, 15) is 19.3 Å². The maximum Gasteiger partial charge on any atom is 0.271 e. The molecule has 2 rings (SSSR count). The maximum absolute atomic E-state index is 13.6. The van der Waals surface area contributed by atoms with E-state index < -0.39 is 16.6 Å². The largest absolute Gasteiger partial charge is 0.325 e. The summed E-state index contributed by atoms with van der Waals surface area (Å²) in [6.45, 7) is 0.159. The molecule has 108 valence electrons. The van der Waals surface area contributed by atoms with Crippen LogP contribution in [0.5, 0.6) is 0 Å². The normalized spacial score (nSPS) is 10.2. The molecule has 0 bridgehead atoms. The number of benzene rings is 1. The molecule has 0 atom stereocenters. The number of rotatable bonds is 4. The molecule has 1 aromatic carbocycles. The quantitative estimate of drug-likeness (QED) is 0.659. The number of nitrogens with zero attached hydrogens (tertiary/aromatic N) is 2. The van der Waals surface area contributed by atoms with Gasteiger partial charge in [0.25, 0.3) is 11.6 Å². The number of aromatic nitrogens is 1. The minimum atomic E-state index is -0.762. The third-order valence-corrected chi connectivity index (χ3v) is 2.70. The summed E-state index contributed by atoms with van der Waals surface area (Å²) in [6, 6.07) is 5.79. The molecule has 0 aliphatic carbocycles. The van der Waals surface area contributed by atoms with Gasteiger partial charge in [-0.15, -0.1) is 0 Å². The van der Waals surface area contributed by atoms with E-state index in [-0.39, 0.29) is 23.5 Å². The summed E-state index contributed by atoms with van der Waals surface area (Å²) < 4.78 is 13.6. The number of amides is 1. The standard InChI is InChI=1S/C13H11FN4O3/c14-11-2-1-10(18(20)21)6-12(11)17-13(19)8-3-4-16-9(5-8)7-15/h1-6H,7,15H2,(H,17,19). The second-order valence-corrected chi connectivity index (χ2v) is 4.12.